The summed E-state index contributed by atoms with van der Waals surface area (Å²) in [5.41, 5.74) is 1.41. The highest BCUT2D eigenvalue weighted by Crippen LogP contribution is 2.22. The molecular weight excluding hydrogens is 384 g/mol. The molecule has 2 aromatic heterocycles. The Morgan fingerprint density at radius 3 is 2.57 bits per heavy atom. The highest BCUT2D eigenvalue weighted by Gasteiger charge is 2.13. The number of carbonyl (C=O) groups excluding carboxylic acids is 2. The number of carbonyl (C=O) groups is 2. The average molecular weight is 410 g/mol. The number of amides is 3. The van der Waals surface area contributed by atoms with Crippen LogP contribution in [0.3, 0.4) is 0 Å². The van der Waals surface area contributed by atoms with Crippen LogP contribution in [0.25, 0.3) is 5.82 Å². The van der Waals surface area contributed by atoms with Crippen LogP contribution in [0.1, 0.15) is 32.2 Å². The third kappa shape index (κ3) is 6.13. The largest absolute Gasteiger partial charge is 0.456 e. The summed E-state index contributed by atoms with van der Waals surface area (Å²) >= 11 is 0. The first kappa shape index (κ1) is 22.5. The number of imide groups is 1. The zero-order valence-corrected chi connectivity index (χ0v) is 17.8. The van der Waals surface area contributed by atoms with Gasteiger partial charge in [0, 0.05) is 18.2 Å². The molecule has 2 aromatic rings. The van der Waals surface area contributed by atoms with Crippen molar-refractivity contribution in [2.24, 2.45) is 10.9 Å². The lowest BCUT2D eigenvalue weighted by Gasteiger charge is -2.12. The molecule has 0 aliphatic rings. The molecule has 9 nitrogen and oxygen atoms in total. The van der Waals surface area contributed by atoms with Crippen molar-refractivity contribution in [2.75, 3.05) is 5.32 Å². The molecule has 0 saturated heterocycles. The van der Waals surface area contributed by atoms with E-state index in [2.05, 4.69) is 32.3 Å². The number of aliphatic imine (C=N–C) groups is 1. The summed E-state index contributed by atoms with van der Waals surface area (Å²) in [6.07, 6.45) is 6.98. The molecule has 0 unspecified atom stereocenters. The van der Waals surface area contributed by atoms with Gasteiger partial charge in [-0.3, -0.25) is 20.0 Å². The van der Waals surface area contributed by atoms with Crippen molar-refractivity contribution >= 4 is 30.3 Å². The molecule has 9 heteroatoms. The lowest BCUT2D eigenvalue weighted by atomic mass is 10.2. The highest BCUT2D eigenvalue weighted by atomic mass is 16.5. The van der Waals surface area contributed by atoms with Gasteiger partial charge < -0.3 is 4.74 Å². The normalized spacial score (nSPS) is 11.9. The molecule has 0 aliphatic carbocycles. The van der Waals surface area contributed by atoms with Gasteiger partial charge in [0.1, 0.15) is 29.5 Å². The maximum absolute atomic E-state index is 11.9. The van der Waals surface area contributed by atoms with E-state index < -0.39 is 6.03 Å². The first-order valence-corrected chi connectivity index (χ1v) is 9.36. The summed E-state index contributed by atoms with van der Waals surface area (Å²) in [5.74, 6) is 1.24. The molecule has 0 saturated carbocycles. The van der Waals surface area contributed by atoms with Crippen LogP contribution < -0.4 is 15.4 Å². The minimum absolute atomic E-state index is 0.297. The molecule has 0 atom stereocenters. The number of aromatic nitrogens is 3. The van der Waals surface area contributed by atoms with Gasteiger partial charge >= 0.3 is 6.03 Å². The van der Waals surface area contributed by atoms with Crippen molar-refractivity contribution in [2.45, 2.75) is 34.6 Å². The number of hydrogen-bond acceptors (Lipinski definition) is 6. The molecular formula is C21H26N6O3. The van der Waals surface area contributed by atoms with Gasteiger partial charge in [0.25, 0.3) is 0 Å². The van der Waals surface area contributed by atoms with Crippen LogP contribution in [-0.2, 0) is 4.79 Å². The number of urea groups is 1. The molecule has 2 rings (SSSR count). The van der Waals surface area contributed by atoms with Crippen molar-refractivity contribution < 1.29 is 14.3 Å². The highest BCUT2D eigenvalue weighted by molar-refractivity contribution is 6.01. The summed E-state index contributed by atoms with van der Waals surface area (Å²) in [5, 5.41) is 4.78. The minimum Gasteiger partial charge on any atom is -0.456 e. The molecule has 0 spiro atoms. The van der Waals surface area contributed by atoms with Gasteiger partial charge in [-0.05, 0) is 45.7 Å². The Morgan fingerprint density at radius 2 is 2.03 bits per heavy atom. The Morgan fingerprint density at radius 1 is 1.30 bits per heavy atom. The number of aryl methyl sites for hydroxylation is 2. The fourth-order valence-electron chi connectivity index (χ4n) is 2.30. The van der Waals surface area contributed by atoms with Crippen molar-refractivity contribution in [1.29, 1.82) is 0 Å². The number of ether oxygens (including phenoxy) is 1. The number of hydrogen-bond donors (Lipinski definition) is 2. The van der Waals surface area contributed by atoms with Crippen LogP contribution in [0.5, 0.6) is 5.75 Å². The topological polar surface area (TPSA) is 110 Å². The summed E-state index contributed by atoms with van der Waals surface area (Å²) in [7, 11) is 0. The molecule has 3 amide bonds. The van der Waals surface area contributed by atoms with Crippen LogP contribution in [0.2, 0.25) is 0 Å². The first-order chi connectivity index (χ1) is 14.2. The van der Waals surface area contributed by atoms with E-state index in [4.69, 9.17) is 4.74 Å². The SMILES string of the molecule is C=NC(=CC(=CC)Oc1ccc(NC(=O)NC(=O)C(C)C)nc1C)n1cnc(C)c1. The molecule has 0 radical (unpaired) electrons. The van der Waals surface area contributed by atoms with E-state index in [0.29, 0.717) is 28.8 Å². The van der Waals surface area contributed by atoms with E-state index in [1.54, 1.807) is 56.0 Å². The predicted molar refractivity (Wildman–Crippen MR) is 116 cm³/mol. The number of nitrogens with zero attached hydrogens (tertiary/aromatic N) is 4. The van der Waals surface area contributed by atoms with Gasteiger partial charge in [-0.2, -0.15) is 0 Å². The van der Waals surface area contributed by atoms with Gasteiger partial charge in [0.2, 0.25) is 5.91 Å². The maximum Gasteiger partial charge on any atom is 0.327 e. The Labute approximate surface area is 175 Å². The fourth-order valence-corrected chi connectivity index (χ4v) is 2.30. The molecule has 0 aromatic carbocycles. The van der Waals surface area contributed by atoms with Crippen LogP contribution >= 0.6 is 0 Å². The van der Waals surface area contributed by atoms with Gasteiger partial charge in [-0.15, -0.1) is 0 Å². The maximum atomic E-state index is 11.9. The van der Waals surface area contributed by atoms with E-state index in [9.17, 15) is 9.59 Å². The summed E-state index contributed by atoms with van der Waals surface area (Å²) < 4.78 is 7.67. The average Bonchev–Trinajstić information content (AvgIpc) is 3.12. The van der Waals surface area contributed by atoms with Gasteiger partial charge in [0.15, 0.2) is 0 Å². The van der Waals surface area contributed by atoms with Crippen LogP contribution in [-0.4, -0.2) is 33.2 Å². The Kier molecular flexibility index (Phi) is 7.62. The summed E-state index contributed by atoms with van der Waals surface area (Å²) in [4.78, 5) is 36.0. The second-order valence-electron chi connectivity index (χ2n) is 6.75. The predicted octanol–water partition coefficient (Wildman–Crippen LogP) is 3.68. The molecule has 0 fully saturated rings. The number of imidazole rings is 1. The Bertz CT molecular complexity index is 1000. The van der Waals surface area contributed by atoms with Crippen molar-refractivity contribution in [3.05, 3.63) is 54.0 Å². The molecule has 158 valence electrons. The van der Waals surface area contributed by atoms with E-state index in [1.807, 2.05) is 20.0 Å². The quantitative estimate of drug-likeness (QED) is 0.411. The third-order valence-electron chi connectivity index (χ3n) is 3.96. The Balaban J connectivity index is 2.12. The van der Waals surface area contributed by atoms with Crippen LogP contribution in [0.4, 0.5) is 10.6 Å². The minimum atomic E-state index is -0.635. The monoisotopic (exact) mass is 410 g/mol. The standard InChI is InChI=1S/C21H26N6O3/c1-7-16(10-19(22-6)27-11-14(4)23-12-27)30-17-8-9-18(24-15(17)5)25-21(29)26-20(28)13(2)3/h7-13H,6H2,1-5H3,(H2,24,25,26,28,29). The van der Waals surface area contributed by atoms with Crippen LogP contribution in [0, 0.1) is 19.8 Å². The molecule has 30 heavy (non-hydrogen) atoms. The van der Waals surface area contributed by atoms with E-state index in [1.165, 1.54) is 0 Å². The fraction of sp³-hybridized carbons (Fsp3) is 0.286. The van der Waals surface area contributed by atoms with Crippen molar-refractivity contribution in [1.82, 2.24) is 19.9 Å². The van der Waals surface area contributed by atoms with Gasteiger partial charge in [-0.25, -0.2) is 19.8 Å². The number of anilines is 1. The molecule has 0 aliphatic heterocycles. The van der Waals surface area contributed by atoms with Crippen molar-refractivity contribution in [3.63, 3.8) is 0 Å². The smallest absolute Gasteiger partial charge is 0.327 e. The van der Waals surface area contributed by atoms with Gasteiger partial charge in [0.05, 0.1) is 11.4 Å². The van der Waals surface area contributed by atoms with E-state index in [-0.39, 0.29) is 11.8 Å². The molecule has 2 N–H and O–H groups in total. The first-order valence-electron chi connectivity index (χ1n) is 9.36. The lowest BCUT2D eigenvalue weighted by Crippen LogP contribution is -2.37. The molecule has 0 bridgehead atoms. The van der Waals surface area contributed by atoms with Crippen LogP contribution in [0.15, 0.2) is 47.6 Å². The molecule has 2 heterocycles. The lowest BCUT2D eigenvalue weighted by molar-refractivity contribution is -0.122. The van der Waals surface area contributed by atoms with E-state index in [0.717, 1.165) is 5.69 Å². The second-order valence-corrected chi connectivity index (χ2v) is 6.75. The number of pyridine rings is 1. The van der Waals surface area contributed by atoms with Gasteiger partial charge in [-0.1, -0.05) is 13.8 Å². The zero-order chi connectivity index (χ0) is 22.3. The summed E-state index contributed by atoms with van der Waals surface area (Å²) in [6, 6.07) is 2.63. The summed E-state index contributed by atoms with van der Waals surface area (Å²) in [6.45, 7) is 12.5. The number of allylic oxidation sites excluding steroid dienone is 2. The Hall–Kier alpha value is -3.75. The second kappa shape index (κ2) is 10.1. The number of nitrogens with one attached hydrogen (secondary N) is 2. The van der Waals surface area contributed by atoms with E-state index >= 15 is 0 Å². The van der Waals surface area contributed by atoms with Crippen molar-refractivity contribution in [3.8, 4) is 5.75 Å². The zero-order valence-electron chi connectivity index (χ0n) is 17.8. The third-order valence-corrected chi connectivity index (χ3v) is 3.96. The number of rotatable bonds is 7.